The first-order chi connectivity index (χ1) is 10.7. The molecule has 0 aliphatic heterocycles. The molecular formula is C15H20N4O3. The van der Waals surface area contributed by atoms with Crippen molar-refractivity contribution in [3.8, 4) is 0 Å². The van der Waals surface area contributed by atoms with Gasteiger partial charge in [-0.25, -0.2) is 0 Å². The number of amides is 1. The van der Waals surface area contributed by atoms with Crippen molar-refractivity contribution in [1.82, 2.24) is 15.5 Å². The second-order valence-corrected chi connectivity index (χ2v) is 4.71. The number of benzene rings is 1. The molecule has 0 bridgehead atoms. The summed E-state index contributed by atoms with van der Waals surface area (Å²) < 4.78 is 10.2. The Hall–Kier alpha value is -2.25. The maximum Gasteiger partial charge on any atom is 0.252 e. The van der Waals surface area contributed by atoms with Gasteiger partial charge in [-0.1, -0.05) is 30.3 Å². The Bertz CT molecular complexity index is 612. The highest BCUT2D eigenvalue weighted by Gasteiger charge is 2.08. The number of nitrogens with zero attached hydrogens (tertiary/aromatic N) is 2. The fraction of sp³-hybridized carbons (Fsp3) is 0.400. The molecule has 0 saturated carbocycles. The quantitative estimate of drug-likeness (QED) is 0.770. The molecular weight excluding hydrogens is 284 g/mol. The molecule has 118 valence electrons. The first-order valence-electron chi connectivity index (χ1n) is 7.14. The molecule has 2 rings (SSSR count). The third kappa shape index (κ3) is 4.94. The molecule has 0 radical (unpaired) electrons. The molecule has 0 aliphatic carbocycles. The minimum atomic E-state index is -0.222. The maximum atomic E-state index is 11.9. The fourth-order valence-corrected chi connectivity index (χ4v) is 1.87. The van der Waals surface area contributed by atoms with Crippen molar-refractivity contribution in [3.63, 3.8) is 0 Å². The van der Waals surface area contributed by atoms with Crippen molar-refractivity contribution < 1.29 is 14.1 Å². The second kappa shape index (κ2) is 8.26. The third-order valence-electron chi connectivity index (χ3n) is 2.89. The van der Waals surface area contributed by atoms with E-state index in [-0.39, 0.29) is 19.1 Å². The maximum absolute atomic E-state index is 11.9. The molecule has 7 heteroatoms. The van der Waals surface area contributed by atoms with Crippen LogP contribution >= 0.6 is 0 Å². The second-order valence-electron chi connectivity index (χ2n) is 4.71. The summed E-state index contributed by atoms with van der Waals surface area (Å²) in [5, 5.41) is 9.72. The standard InChI is InChI=1S/C15H20N4O3/c1-3-16-8-12-6-4-5-7-13(12)18-14(20)9-21-10-15-17-11(2)19-22-15/h4-7,16H,3,8-10H2,1-2H3,(H,18,20). The molecule has 2 aromatic rings. The van der Waals surface area contributed by atoms with Gasteiger partial charge in [0.2, 0.25) is 5.91 Å². The molecule has 7 nitrogen and oxygen atoms in total. The minimum absolute atomic E-state index is 0.0725. The number of carbonyl (C=O) groups is 1. The van der Waals surface area contributed by atoms with Crippen LogP contribution in [0.2, 0.25) is 0 Å². The molecule has 0 atom stereocenters. The molecule has 0 unspecified atom stereocenters. The zero-order valence-electron chi connectivity index (χ0n) is 12.8. The van der Waals surface area contributed by atoms with Crippen molar-refractivity contribution in [2.45, 2.75) is 27.0 Å². The van der Waals surface area contributed by atoms with Gasteiger partial charge < -0.3 is 19.9 Å². The summed E-state index contributed by atoms with van der Waals surface area (Å²) in [6.07, 6.45) is 0. The average Bonchev–Trinajstić information content (AvgIpc) is 2.92. The number of aryl methyl sites for hydroxylation is 1. The van der Waals surface area contributed by atoms with Gasteiger partial charge in [0.1, 0.15) is 13.2 Å². The molecule has 1 aromatic heterocycles. The van der Waals surface area contributed by atoms with Crippen LogP contribution in [0.4, 0.5) is 5.69 Å². The fourth-order valence-electron chi connectivity index (χ4n) is 1.87. The first-order valence-corrected chi connectivity index (χ1v) is 7.14. The highest BCUT2D eigenvalue weighted by atomic mass is 16.5. The van der Waals surface area contributed by atoms with Gasteiger partial charge in [-0.3, -0.25) is 4.79 Å². The van der Waals surface area contributed by atoms with E-state index < -0.39 is 0 Å². The highest BCUT2D eigenvalue weighted by Crippen LogP contribution is 2.14. The average molecular weight is 304 g/mol. The molecule has 0 aliphatic rings. The van der Waals surface area contributed by atoms with E-state index in [0.29, 0.717) is 18.3 Å². The smallest absolute Gasteiger partial charge is 0.252 e. The lowest BCUT2D eigenvalue weighted by Gasteiger charge is -2.11. The van der Waals surface area contributed by atoms with Crippen LogP contribution in [0.3, 0.4) is 0 Å². The Labute approximate surface area is 129 Å². The van der Waals surface area contributed by atoms with Gasteiger partial charge >= 0.3 is 0 Å². The monoisotopic (exact) mass is 304 g/mol. The molecule has 22 heavy (non-hydrogen) atoms. The van der Waals surface area contributed by atoms with Gasteiger partial charge in [0.05, 0.1) is 0 Å². The molecule has 0 fully saturated rings. The lowest BCUT2D eigenvalue weighted by atomic mass is 10.1. The van der Waals surface area contributed by atoms with Gasteiger partial charge in [0.25, 0.3) is 5.89 Å². The molecule has 1 heterocycles. The Morgan fingerprint density at radius 1 is 1.36 bits per heavy atom. The van der Waals surface area contributed by atoms with Gasteiger partial charge in [-0.15, -0.1) is 0 Å². The third-order valence-corrected chi connectivity index (χ3v) is 2.89. The van der Waals surface area contributed by atoms with Crippen molar-refractivity contribution in [2.75, 3.05) is 18.5 Å². The Morgan fingerprint density at radius 2 is 2.18 bits per heavy atom. The number of rotatable bonds is 8. The van der Waals surface area contributed by atoms with E-state index in [0.717, 1.165) is 17.8 Å². The van der Waals surface area contributed by atoms with Crippen molar-refractivity contribution in [1.29, 1.82) is 0 Å². The van der Waals surface area contributed by atoms with Crippen molar-refractivity contribution >= 4 is 11.6 Å². The topological polar surface area (TPSA) is 89.3 Å². The summed E-state index contributed by atoms with van der Waals surface area (Å²) in [6, 6.07) is 7.66. The first kappa shape index (κ1) is 16.1. The summed E-state index contributed by atoms with van der Waals surface area (Å²) in [4.78, 5) is 15.9. The molecule has 1 amide bonds. The predicted octanol–water partition coefficient (Wildman–Crippen LogP) is 1.64. The van der Waals surface area contributed by atoms with Crippen molar-refractivity contribution in [3.05, 3.63) is 41.5 Å². The van der Waals surface area contributed by atoms with Gasteiger partial charge in [-0.05, 0) is 25.1 Å². The number of carbonyl (C=O) groups excluding carboxylic acids is 1. The number of aromatic nitrogens is 2. The molecule has 2 N–H and O–H groups in total. The van der Waals surface area contributed by atoms with Crippen molar-refractivity contribution in [2.24, 2.45) is 0 Å². The van der Waals surface area contributed by atoms with Crippen LogP contribution in [0, 0.1) is 6.92 Å². The minimum Gasteiger partial charge on any atom is -0.362 e. The van der Waals surface area contributed by atoms with Gasteiger partial charge in [0.15, 0.2) is 5.82 Å². The van der Waals surface area contributed by atoms with E-state index >= 15 is 0 Å². The van der Waals surface area contributed by atoms with Crippen LogP contribution < -0.4 is 10.6 Å². The zero-order chi connectivity index (χ0) is 15.8. The molecule has 0 spiro atoms. The summed E-state index contributed by atoms with van der Waals surface area (Å²) in [5.41, 5.74) is 1.82. The normalized spacial score (nSPS) is 10.6. The van der Waals surface area contributed by atoms with Crippen LogP contribution in [0.1, 0.15) is 24.2 Å². The molecule has 0 saturated heterocycles. The van der Waals surface area contributed by atoms with Crippen LogP contribution in [0.15, 0.2) is 28.8 Å². The van der Waals surface area contributed by atoms with E-state index in [1.807, 2.05) is 31.2 Å². The Balaban J connectivity index is 1.81. The summed E-state index contributed by atoms with van der Waals surface area (Å²) in [6.45, 7) is 5.38. The Kier molecular flexibility index (Phi) is 6.05. The summed E-state index contributed by atoms with van der Waals surface area (Å²) in [7, 11) is 0. The van der Waals surface area contributed by atoms with Crippen LogP contribution in [-0.2, 0) is 22.7 Å². The van der Waals surface area contributed by atoms with Gasteiger partial charge in [-0.2, -0.15) is 4.98 Å². The van der Waals surface area contributed by atoms with E-state index in [9.17, 15) is 4.79 Å². The number of para-hydroxylation sites is 1. The summed E-state index contributed by atoms with van der Waals surface area (Å²) in [5.74, 6) is 0.679. The zero-order valence-corrected chi connectivity index (χ0v) is 12.8. The number of hydrogen-bond acceptors (Lipinski definition) is 6. The van der Waals surface area contributed by atoms with E-state index in [1.54, 1.807) is 6.92 Å². The number of ether oxygens (including phenoxy) is 1. The number of anilines is 1. The molecule has 1 aromatic carbocycles. The number of hydrogen-bond donors (Lipinski definition) is 2. The SMILES string of the molecule is CCNCc1ccccc1NC(=O)COCc1nc(C)no1. The highest BCUT2D eigenvalue weighted by molar-refractivity contribution is 5.92. The van der Waals surface area contributed by atoms with Crippen LogP contribution in [0.25, 0.3) is 0 Å². The van der Waals surface area contributed by atoms with Crippen LogP contribution in [-0.4, -0.2) is 29.2 Å². The predicted molar refractivity (Wildman–Crippen MR) is 81.1 cm³/mol. The summed E-state index contributed by atoms with van der Waals surface area (Å²) >= 11 is 0. The number of nitrogens with one attached hydrogen (secondary N) is 2. The Morgan fingerprint density at radius 3 is 2.91 bits per heavy atom. The largest absolute Gasteiger partial charge is 0.362 e. The lowest BCUT2D eigenvalue weighted by molar-refractivity contribution is -0.121. The van der Waals surface area contributed by atoms with E-state index in [2.05, 4.69) is 20.8 Å². The van der Waals surface area contributed by atoms with Gasteiger partial charge in [0, 0.05) is 12.2 Å². The van der Waals surface area contributed by atoms with Crippen LogP contribution in [0.5, 0.6) is 0 Å². The van der Waals surface area contributed by atoms with E-state index in [4.69, 9.17) is 9.26 Å². The van der Waals surface area contributed by atoms with E-state index in [1.165, 1.54) is 0 Å². The lowest BCUT2D eigenvalue weighted by Crippen LogP contribution is -2.20.